The van der Waals surface area contributed by atoms with E-state index >= 15 is 0 Å². The fourth-order valence-corrected chi connectivity index (χ4v) is 2.43. The largest absolute Gasteiger partial charge is 0.357 e. The van der Waals surface area contributed by atoms with E-state index in [1.54, 1.807) is 6.20 Å². The molecule has 1 amide bonds. The molecule has 1 aromatic rings. The first kappa shape index (κ1) is 11.5. The van der Waals surface area contributed by atoms with Gasteiger partial charge in [0.1, 0.15) is 5.82 Å². The third-order valence-electron chi connectivity index (χ3n) is 3.87. The maximum absolute atomic E-state index is 11.9. The van der Waals surface area contributed by atoms with Gasteiger partial charge in [-0.25, -0.2) is 4.98 Å². The standard InChI is InChI=1S/C14H19N3O/c1-10-8-12(10)16-14(18)11-4-5-13(15-9-11)17-6-2-3-7-17/h4-5,9-10,12H,2-3,6-8H2,1H3,(H,16,18). The summed E-state index contributed by atoms with van der Waals surface area (Å²) in [6.45, 7) is 4.32. The summed E-state index contributed by atoms with van der Waals surface area (Å²) < 4.78 is 0. The molecule has 1 aromatic heterocycles. The zero-order chi connectivity index (χ0) is 12.5. The van der Waals surface area contributed by atoms with Crippen molar-refractivity contribution in [3.63, 3.8) is 0 Å². The Balaban J connectivity index is 1.64. The lowest BCUT2D eigenvalue weighted by molar-refractivity contribution is 0.0949. The van der Waals surface area contributed by atoms with Crippen molar-refractivity contribution in [2.75, 3.05) is 18.0 Å². The molecule has 0 bridgehead atoms. The van der Waals surface area contributed by atoms with Gasteiger partial charge in [-0.15, -0.1) is 0 Å². The van der Waals surface area contributed by atoms with Crippen LogP contribution in [0.25, 0.3) is 0 Å². The monoisotopic (exact) mass is 245 g/mol. The van der Waals surface area contributed by atoms with Crippen molar-refractivity contribution in [2.45, 2.75) is 32.2 Å². The van der Waals surface area contributed by atoms with Crippen molar-refractivity contribution in [3.05, 3.63) is 23.9 Å². The molecule has 1 saturated heterocycles. The predicted octanol–water partition coefficient (Wildman–Crippen LogP) is 1.82. The van der Waals surface area contributed by atoms with Gasteiger partial charge in [0.25, 0.3) is 5.91 Å². The highest BCUT2D eigenvalue weighted by Gasteiger charge is 2.34. The molecular formula is C14H19N3O. The summed E-state index contributed by atoms with van der Waals surface area (Å²) in [7, 11) is 0. The number of anilines is 1. The normalized spacial score (nSPS) is 26.2. The molecule has 1 aliphatic carbocycles. The van der Waals surface area contributed by atoms with Crippen LogP contribution in [-0.4, -0.2) is 30.0 Å². The number of nitrogens with one attached hydrogen (secondary N) is 1. The molecule has 2 atom stereocenters. The minimum atomic E-state index is 0.00446. The van der Waals surface area contributed by atoms with E-state index in [2.05, 4.69) is 22.1 Å². The number of rotatable bonds is 3. The van der Waals surface area contributed by atoms with Gasteiger partial charge in [0, 0.05) is 25.3 Å². The van der Waals surface area contributed by atoms with Crippen LogP contribution in [0.5, 0.6) is 0 Å². The van der Waals surface area contributed by atoms with E-state index in [1.165, 1.54) is 12.8 Å². The molecule has 96 valence electrons. The van der Waals surface area contributed by atoms with Crippen molar-refractivity contribution >= 4 is 11.7 Å². The lowest BCUT2D eigenvalue weighted by atomic mass is 10.2. The first-order valence-corrected chi connectivity index (χ1v) is 6.76. The van der Waals surface area contributed by atoms with Crippen molar-refractivity contribution < 1.29 is 4.79 Å². The fourth-order valence-electron chi connectivity index (χ4n) is 2.43. The van der Waals surface area contributed by atoms with Crippen LogP contribution in [0.2, 0.25) is 0 Å². The molecule has 1 aliphatic heterocycles. The van der Waals surface area contributed by atoms with Crippen molar-refractivity contribution in [1.82, 2.24) is 10.3 Å². The molecule has 2 heterocycles. The molecule has 1 saturated carbocycles. The Labute approximate surface area is 107 Å². The van der Waals surface area contributed by atoms with E-state index in [9.17, 15) is 4.79 Å². The number of nitrogens with zero attached hydrogens (tertiary/aromatic N) is 2. The molecule has 0 aromatic carbocycles. The number of aromatic nitrogens is 1. The Morgan fingerprint density at radius 2 is 2.11 bits per heavy atom. The smallest absolute Gasteiger partial charge is 0.253 e. The lowest BCUT2D eigenvalue weighted by Gasteiger charge is -2.16. The van der Waals surface area contributed by atoms with Gasteiger partial charge in [-0.3, -0.25) is 4.79 Å². The lowest BCUT2D eigenvalue weighted by Crippen LogP contribution is -2.27. The Morgan fingerprint density at radius 3 is 2.67 bits per heavy atom. The van der Waals surface area contributed by atoms with Gasteiger partial charge in [0.05, 0.1) is 5.56 Å². The second kappa shape index (κ2) is 4.59. The van der Waals surface area contributed by atoms with Crippen LogP contribution in [-0.2, 0) is 0 Å². The second-order valence-corrected chi connectivity index (χ2v) is 5.39. The number of hydrogen-bond donors (Lipinski definition) is 1. The maximum Gasteiger partial charge on any atom is 0.253 e. The third kappa shape index (κ3) is 2.33. The minimum absolute atomic E-state index is 0.00446. The zero-order valence-electron chi connectivity index (χ0n) is 10.7. The quantitative estimate of drug-likeness (QED) is 0.883. The van der Waals surface area contributed by atoms with Gasteiger partial charge in [-0.2, -0.15) is 0 Å². The van der Waals surface area contributed by atoms with E-state index in [4.69, 9.17) is 0 Å². The highest BCUT2D eigenvalue weighted by atomic mass is 16.1. The van der Waals surface area contributed by atoms with Crippen molar-refractivity contribution in [1.29, 1.82) is 0 Å². The molecule has 0 radical (unpaired) electrons. The van der Waals surface area contributed by atoms with Gasteiger partial charge in [-0.1, -0.05) is 6.92 Å². The van der Waals surface area contributed by atoms with Crippen molar-refractivity contribution in [2.24, 2.45) is 5.92 Å². The van der Waals surface area contributed by atoms with E-state index < -0.39 is 0 Å². The van der Waals surface area contributed by atoms with Crippen molar-refractivity contribution in [3.8, 4) is 0 Å². The van der Waals surface area contributed by atoms with Gasteiger partial charge >= 0.3 is 0 Å². The topological polar surface area (TPSA) is 45.2 Å². The summed E-state index contributed by atoms with van der Waals surface area (Å²) in [5, 5.41) is 3.02. The Morgan fingerprint density at radius 1 is 1.39 bits per heavy atom. The average molecular weight is 245 g/mol. The van der Waals surface area contributed by atoms with Gasteiger partial charge < -0.3 is 10.2 Å². The zero-order valence-corrected chi connectivity index (χ0v) is 10.7. The molecule has 2 aliphatic rings. The molecular weight excluding hydrogens is 226 g/mol. The summed E-state index contributed by atoms with van der Waals surface area (Å²) in [4.78, 5) is 18.6. The molecule has 0 spiro atoms. The number of pyridine rings is 1. The van der Waals surface area contributed by atoms with Gasteiger partial charge in [0.15, 0.2) is 0 Å². The molecule has 1 N–H and O–H groups in total. The average Bonchev–Trinajstić information content (AvgIpc) is 2.88. The first-order chi connectivity index (χ1) is 8.74. The summed E-state index contributed by atoms with van der Waals surface area (Å²) >= 11 is 0. The van der Waals surface area contributed by atoms with Crippen LogP contribution in [0.3, 0.4) is 0 Å². The SMILES string of the molecule is CC1CC1NC(=O)c1ccc(N2CCCC2)nc1. The van der Waals surface area contributed by atoms with Crippen LogP contribution < -0.4 is 10.2 Å². The summed E-state index contributed by atoms with van der Waals surface area (Å²) in [6.07, 6.45) is 5.27. The van der Waals surface area contributed by atoms with E-state index in [0.29, 0.717) is 17.5 Å². The fraction of sp³-hybridized carbons (Fsp3) is 0.571. The molecule has 3 rings (SSSR count). The van der Waals surface area contributed by atoms with Crippen LogP contribution in [0, 0.1) is 5.92 Å². The van der Waals surface area contributed by atoms with Gasteiger partial charge in [-0.05, 0) is 37.3 Å². The highest BCUT2D eigenvalue weighted by molar-refractivity contribution is 5.94. The second-order valence-electron chi connectivity index (χ2n) is 5.39. The van der Waals surface area contributed by atoms with Crippen LogP contribution in [0.4, 0.5) is 5.82 Å². The number of carbonyl (C=O) groups is 1. The maximum atomic E-state index is 11.9. The molecule has 18 heavy (non-hydrogen) atoms. The molecule has 2 unspecified atom stereocenters. The Hall–Kier alpha value is -1.58. The number of carbonyl (C=O) groups excluding carboxylic acids is 1. The summed E-state index contributed by atoms with van der Waals surface area (Å²) in [5.74, 6) is 1.62. The predicted molar refractivity (Wildman–Crippen MR) is 70.7 cm³/mol. The minimum Gasteiger partial charge on any atom is -0.357 e. The van der Waals surface area contributed by atoms with E-state index in [1.807, 2.05) is 12.1 Å². The molecule has 4 nitrogen and oxygen atoms in total. The first-order valence-electron chi connectivity index (χ1n) is 6.76. The number of amides is 1. The Bertz CT molecular complexity index is 437. The Kier molecular flexibility index (Phi) is 2.94. The van der Waals surface area contributed by atoms with Crippen LogP contribution in [0.1, 0.15) is 36.5 Å². The van der Waals surface area contributed by atoms with Crippen LogP contribution in [0.15, 0.2) is 18.3 Å². The van der Waals surface area contributed by atoms with E-state index in [-0.39, 0.29) is 5.91 Å². The van der Waals surface area contributed by atoms with Gasteiger partial charge in [0.2, 0.25) is 0 Å². The highest BCUT2D eigenvalue weighted by Crippen LogP contribution is 2.29. The molecule has 2 fully saturated rings. The van der Waals surface area contributed by atoms with E-state index in [0.717, 1.165) is 25.3 Å². The third-order valence-corrected chi connectivity index (χ3v) is 3.87. The molecule has 4 heteroatoms. The summed E-state index contributed by atoms with van der Waals surface area (Å²) in [5.41, 5.74) is 0.664. The number of hydrogen-bond acceptors (Lipinski definition) is 3. The van der Waals surface area contributed by atoms with Crippen LogP contribution >= 0.6 is 0 Å². The summed E-state index contributed by atoms with van der Waals surface area (Å²) in [6, 6.07) is 4.20.